The van der Waals surface area contributed by atoms with Crippen LogP contribution in [0.3, 0.4) is 0 Å². The fourth-order valence-corrected chi connectivity index (χ4v) is 7.61. The molecule has 19 heteroatoms. The summed E-state index contributed by atoms with van der Waals surface area (Å²) in [5.41, 5.74) is -4.21. The number of aliphatic hydroxyl groups is 6. The van der Waals surface area contributed by atoms with Crippen LogP contribution in [0.5, 0.6) is 34.5 Å². The molecule has 3 aromatic rings. The number of aliphatic hydroxyl groups excluding tert-OH is 4. The van der Waals surface area contributed by atoms with Crippen molar-refractivity contribution in [1.82, 2.24) is 0 Å². The molecule has 0 radical (unpaired) electrons. The summed E-state index contributed by atoms with van der Waals surface area (Å²) in [5, 5.41) is 107. The van der Waals surface area contributed by atoms with Crippen LogP contribution in [0.15, 0.2) is 100.0 Å². The molecule has 10 N–H and O–H groups in total. The number of phenolic OH excluding ortho intramolecular Hbond substituents is 2. The van der Waals surface area contributed by atoms with E-state index in [0.29, 0.717) is 11.1 Å². The number of hydrogen-bond acceptors (Lipinski definition) is 17. The van der Waals surface area contributed by atoms with Crippen molar-refractivity contribution < 1.29 is 74.4 Å². The molecule has 60 heavy (non-hydrogen) atoms. The van der Waals surface area contributed by atoms with Crippen molar-refractivity contribution in [3.8, 4) is 34.5 Å². The molecule has 1 aliphatic carbocycles. The van der Waals surface area contributed by atoms with Gasteiger partial charge in [-0.2, -0.15) is 0 Å². The van der Waals surface area contributed by atoms with Gasteiger partial charge >= 0.3 is 5.97 Å². The predicted molar refractivity (Wildman–Crippen MR) is 209 cm³/mol. The maximum atomic E-state index is 12.6. The van der Waals surface area contributed by atoms with Crippen molar-refractivity contribution in [2.24, 2.45) is 20.9 Å². The maximum absolute atomic E-state index is 12.6. The second kappa shape index (κ2) is 15.5. The first-order chi connectivity index (χ1) is 28.7. The summed E-state index contributed by atoms with van der Waals surface area (Å²) < 4.78 is 29.8. The lowest BCUT2D eigenvalue weighted by Gasteiger charge is -2.55. The minimum absolute atomic E-state index is 0.000394. The number of hydrogen-bond donors (Lipinski definition) is 10. The fourth-order valence-electron chi connectivity index (χ4n) is 7.61. The number of amidine groups is 1. The van der Waals surface area contributed by atoms with Crippen LogP contribution >= 0.6 is 0 Å². The molecule has 1 saturated heterocycles. The average molecular weight is 827 g/mol. The molecule has 9 unspecified atom stereocenters. The topological polar surface area (TPSA) is 306 Å². The zero-order valence-corrected chi connectivity index (χ0v) is 31.1. The van der Waals surface area contributed by atoms with Gasteiger partial charge in [-0.3, -0.25) is 10.4 Å². The summed E-state index contributed by atoms with van der Waals surface area (Å²) in [6.45, 7) is -0.860. The first-order valence-electron chi connectivity index (χ1n) is 18.4. The summed E-state index contributed by atoms with van der Waals surface area (Å²) in [5.74, 6) is -5.02. The number of rotatable bonds is 13. The molecule has 5 aliphatic rings. The molecule has 0 spiro atoms. The lowest BCUT2D eigenvalue weighted by atomic mass is 9.64. The number of ether oxygens (including phenoxy) is 5. The number of fused-ring (bicyclic) bond motifs is 3. The van der Waals surface area contributed by atoms with Crippen LogP contribution in [-0.4, -0.2) is 131 Å². The molecular formula is C41H38N4O15. The monoisotopic (exact) mass is 826 g/mol. The minimum atomic E-state index is -2.65. The van der Waals surface area contributed by atoms with Crippen molar-refractivity contribution in [3.05, 3.63) is 102 Å². The third kappa shape index (κ3) is 7.01. The number of nitrogens with zero attached hydrogens (tertiary/aromatic N) is 3. The Morgan fingerprint density at radius 1 is 1.07 bits per heavy atom. The molecule has 1 fully saturated rings. The third-order valence-electron chi connectivity index (χ3n) is 10.7. The Morgan fingerprint density at radius 3 is 2.52 bits per heavy atom. The van der Waals surface area contributed by atoms with Gasteiger partial charge in [0, 0.05) is 12.1 Å². The second-order valence-corrected chi connectivity index (χ2v) is 14.5. The van der Waals surface area contributed by atoms with Gasteiger partial charge in [0.05, 0.1) is 30.5 Å². The highest BCUT2D eigenvalue weighted by atomic mass is 16.7. The van der Waals surface area contributed by atoms with Crippen molar-refractivity contribution in [3.63, 3.8) is 0 Å². The van der Waals surface area contributed by atoms with Crippen molar-refractivity contribution in [2.45, 2.75) is 54.6 Å². The molecule has 0 amide bonds. The van der Waals surface area contributed by atoms with E-state index in [2.05, 4.69) is 15.0 Å². The highest BCUT2D eigenvalue weighted by Crippen LogP contribution is 2.53. The summed E-state index contributed by atoms with van der Waals surface area (Å²) in [6, 6.07) is 13.4. The van der Waals surface area contributed by atoms with E-state index in [4.69, 9.17) is 29.1 Å². The largest absolute Gasteiger partial charge is 0.508 e. The molecule has 312 valence electrons. The maximum Gasteiger partial charge on any atom is 0.336 e. The Morgan fingerprint density at radius 2 is 1.85 bits per heavy atom. The zero-order chi connectivity index (χ0) is 42.5. The SMILES string of the molecule is N=C1C=CC(C(O)C(CO)Oc2ccc(C3C=C(O)c4c(cc(OC5OC(C(=O)O)C6(O)C(C7=NC=NC7)C=CC5(O)C6O)c(OCc5cccc(O)c5)c4O)O3)cc2)=N1. The van der Waals surface area contributed by atoms with E-state index in [1.807, 2.05) is 0 Å². The summed E-state index contributed by atoms with van der Waals surface area (Å²) in [4.78, 5) is 24.6. The van der Waals surface area contributed by atoms with E-state index in [1.165, 1.54) is 61.0 Å². The first-order valence-corrected chi connectivity index (χ1v) is 18.4. The molecule has 9 atom stereocenters. The Kier molecular flexibility index (Phi) is 10.4. The van der Waals surface area contributed by atoms with E-state index in [0.717, 1.165) is 6.08 Å². The van der Waals surface area contributed by atoms with E-state index >= 15 is 0 Å². The number of benzene rings is 3. The molecule has 8 rings (SSSR count). The summed E-state index contributed by atoms with van der Waals surface area (Å²) in [6.07, 6.45) is -2.23. The molecular weight excluding hydrogens is 788 g/mol. The number of phenols is 2. The van der Waals surface area contributed by atoms with Gasteiger partial charge in [0.1, 0.15) is 71.3 Å². The van der Waals surface area contributed by atoms with Gasteiger partial charge in [-0.05, 0) is 53.6 Å². The van der Waals surface area contributed by atoms with Crippen LogP contribution in [0.4, 0.5) is 0 Å². The Hall–Kier alpha value is -6.61. The van der Waals surface area contributed by atoms with Crippen LogP contribution in [0.1, 0.15) is 22.8 Å². The van der Waals surface area contributed by atoms with E-state index in [-0.39, 0.29) is 53.2 Å². The van der Waals surface area contributed by atoms with Crippen molar-refractivity contribution in [1.29, 1.82) is 5.41 Å². The Balaban J connectivity index is 1.11. The lowest BCUT2D eigenvalue weighted by molar-refractivity contribution is -0.337. The van der Waals surface area contributed by atoms with Crippen LogP contribution in [0, 0.1) is 11.3 Å². The molecule has 19 nitrogen and oxygen atoms in total. The summed E-state index contributed by atoms with van der Waals surface area (Å²) >= 11 is 0. The number of carbonyl (C=O) groups is 1. The number of aliphatic carboxylic acids is 1. The Labute approximate surface area is 339 Å². The number of aromatic hydroxyl groups is 2. The minimum Gasteiger partial charge on any atom is -0.508 e. The Bertz CT molecular complexity index is 2410. The zero-order valence-electron chi connectivity index (χ0n) is 31.1. The number of carboxylic acids is 1. The normalized spacial score (nSPS) is 28.5. The molecule has 4 aliphatic heterocycles. The standard InChI is InChI=1S/C41H38N4O15/c42-31-9-8-24(45-31)33(49)30(16-46)57-22-6-4-20(5-7-22)27-13-26(48)32-28(58-27)14-29(35(34(32)50)56-17-19-2-1-3-21(47)12-19)59-39-40(54)11-10-23(25-15-43-18-44-25)41(55,38(40)53)36(60-39)37(51)52/h1-14,18,23,27,30,33,36,38-39,42,46-50,53-55H,15-17H2,(H,51,52). The van der Waals surface area contributed by atoms with Gasteiger partial charge in [-0.1, -0.05) is 30.3 Å². The van der Waals surface area contributed by atoms with Gasteiger partial charge in [0.25, 0.3) is 0 Å². The summed E-state index contributed by atoms with van der Waals surface area (Å²) in [7, 11) is 0. The molecule has 0 aromatic heterocycles. The second-order valence-electron chi connectivity index (χ2n) is 14.5. The quantitative estimate of drug-likeness (QED) is 0.109. The van der Waals surface area contributed by atoms with Gasteiger partial charge in [0.15, 0.2) is 29.3 Å². The van der Waals surface area contributed by atoms with E-state index in [9.17, 15) is 50.8 Å². The first kappa shape index (κ1) is 40.2. The molecule has 0 saturated carbocycles. The lowest BCUT2D eigenvalue weighted by Crippen LogP contribution is -2.78. The van der Waals surface area contributed by atoms with Crippen LogP contribution < -0.4 is 18.9 Å². The highest BCUT2D eigenvalue weighted by molar-refractivity contribution is 6.15. The van der Waals surface area contributed by atoms with Gasteiger partial charge in [-0.15, -0.1) is 0 Å². The van der Waals surface area contributed by atoms with Crippen molar-refractivity contribution in [2.75, 3.05) is 13.2 Å². The van der Waals surface area contributed by atoms with E-state index < -0.39 is 89.5 Å². The van der Waals surface area contributed by atoms with Gasteiger partial charge in [-0.25, -0.2) is 14.8 Å². The third-order valence-corrected chi connectivity index (χ3v) is 10.7. The van der Waals surface area contributed by atoms with Crippen LogP contribution in [0.2, 0.25) is 0 Å². The van der Waals surface area contributed by atoms with Gasteiger partial charge < -0.3 is 69.6 Å². The number of aliphatic imine (C=N–C) groups is 3. The molecule has 2 bridgehead atoms. The fraction of sp³-hybridized carbons (Fsp3) is 0.293. The van der Waals surface area contributed by atoms with Crippen LogP contribution in [-0.2, 0) is 16.1 Å². The van der Waals surface area contributed by atoms with E-state index in [1.54, 1.807) is 24.3 Å². The predicted octanol–water partition coefficient (Wildman–Crippen LogP) is 1.48. The highest BCUT2D eigenvalue weighted by Gasteiger charge is 2.69. The van der Waals surface area contributed by atoms with Crippen LogP contribution in [0.25, 0.3) is 5.76 Å². The van der Waals surface area contributed by atoms with Gasteiger partial charge in [0.2, 0.25) is 12.0 Å². The smallest absolute Gasteiger partial charge is 0.336 e. The number of carboxylic acid groups (broad SMARTS) is 1. The molecule has 3 aromatic carbocycles. The van der Waals surface area contributed by atoms with Crippen molar-refractivity contribution >= 4 is 35.3 Å². The molecule has 4 heterocycles. The average Bonchev–Trinajstić information content (AvgIpc) is 3.92. The number of nitrogens with one attached hydrogen (secondary N) is 1.